The zero-order valence-electron chi connectivity index (χ0n) is 11.7. The Bertz CT molecular complexity index is 677. The summed E-state index contributed by atoms with van der Waals surface area (Å²) >= 11 is 3.19. The van der Waals surface area contributed by atoms with E-state index in [-0.39, 0.29) is 22.5 Å². The maximum atomic E-state index is 12.4. The lowest BCUT2D eigenvalue weighted by Crippen LogP contribution is -2.50. The van der Waals surface area contributed by atoms with Crippen LogP contribution in [0.2, 0.25) is 0 Å². The number of carbonyl (C=O) groups is 1. The van der Waals surface area contributed by atoms with Crippen LogP contribution in [0.1, 0.15) is 30.6 Å². The molecule has 1 heterocycles. The van der Waals surface area contributed by atoms with Gasteiger partial charge in [0.2, 0.25) is 10.0 Å². The Labute approximate surface area is 132 Å². The molecule has 2 unspecified atom stereocenters. The molecule has 0 spiro atoms. The average Bonchev–Trinajstić information content (AvgIpc) is 2.67. The molecule has 1 aliphatic rings. The molecule has 2 rings (SSSR count). The van der Waals surface area contributed by atoms with E-state index >= 15 is 0 Å². The molecule has 1 saturated heterocycles. The van der Waals surface area contributed by atoms with Gasteiger partial charge in [-0.3, -0.25) is 4.79 Å². The van der Waals surface area contributed by atoms with Crippen molar-refractivity contribution in [1.29, 1.82) is 0 Å². The zero-order valence-corrected chi connectivity index (χ0v) is 14.1. The van der Waals surface area contributed by atoms with Crippen LogP contribution in [-0.2, 0) is 14.8 Å². The molecule has 3 N–H and O–H groups in total. The third kappa shape index (κ3) is 3.63. The number of nitrogens with two attached hydrogens (primary N) is 1. The van der Waals surface area contributed by atoms with Crippen molar-refractivity contribution in [2.45, 2.75) is 36.8 Å². The van der Waals surface area contributed by atoms with Gasteiger partial charge in [-0.1, -0.05) is 15.9 Å². The number of rotatable bonds is 3. The minimum absolute atomic E-state index is 0.105. The number of nitrogens with one attached hydrogen (secondary N) is 1. The molecule has 0 aliphatic carbocycles. The van der Waals surface area contributed by atoms with Crippen LogP contribution in [0, 0.1) is 0 Å². The van der Waals surface area contributed by atoms with E-state index in [4.69, 9.17) is 9.88 Å². The maximum Gasteiger partial charge on any atom is 0.251 e. The normalized spacial score (nSPS) is 25.8. The van der Waals surface area contributed by atoms with Crippen LogP contribution in [0.3, 0.4) is 0 Å². The number of ether oxygens (including phenoxy) is 1. The summed E-state index contributed by atoms with van der Waals surface area (Å²) in [6.07, 6.45) is 0.599. The van der Waals surface area contributed by atoms with Gasteiger partial charge in [-0.25, -0.2) is 13.6 Å². The predicted octanol–water partition coefficient (Wildman–Crippen LogP) is 1.39. The van der Waals surface area contributed by atoms with Crippen LogP contribution in [0.5, 0.6) is 0 Å². The molecule has 8 heteroatoms. The lowest BCUT2D eigenvalue weighted by molar-refractivity contribution is 0.0727. The highest BCUT2D eigenvalue weighted by atomic mass is 79.9. The lowest BCUT2D eigenvalue weighted by atomic mass is 9.94. The third-order valence-electron chi connectivity index (χ3n) is 3.75. The van der Waals surface area contributed by atoms with Gasteiger partial charge in [0.15, 0.2) is 0 Å². The van der Waals surface area contributed by atoms with E-state index in [9.17, 15) is 13.2 Å². The minimum Gasteiger partial charge on any atom is -0.376 e. The molecular weight excluding hydrogens is 360 g/mol. The Kier molecular flexibility index (Phi) is 4.44. The summed E-state index contributed by atoms with van der Waals surface area (Å²) in [5.74, 6) is -0.360. The number of halogens is 1. The summed E-state index contributed by atoms with van der Waals surface area (Å²) in [6.45, 7) is 4.38. The molecule has 0 bridgehead atoms. The standard InChI is InChI=1S/C13H17BrN2O4S/c1-8-13(2,3-4-20-8)16-12(17)9-5-10(14)7-11(6-9)21(15,18)19/h5-8H,3-4H2,1-2H3,(H,16,17)(H2,15,18,19). The van der Waals surface area contributed by atoms with Gasteiger partial charge in [-0.15, -0.1) is 0 Å². The van der Waals surface area contributed by atoms with Crippen molar-refractivity contribution in [3.8, 4) is 0 Å². The second-order valence-electron chi connectivity index (χ2n) is 5.36. The van der Waals surface area contributed by atoms with Crippen LogP contribution in [0.15, 0.2) is 27.6 Å². The molecule has 1 aliphatic heterocycles. The molecular formula is C13H17BrN2O4S. The number of hydrogen-bond acceptors (Lipinski definition) is 4. The van der Waals surface area contributed by atoms with Crippen molar-refractivity contribution >= 4 is 31.9 Å². The summed E-state index contributed by atoms with van der Waals surface area (Å²) in [5, 5.41) is 8.01. The predicted molar refractivity (Wildman–Crippen MR) is 81.4 cm³/mol. The summed E-state index contributed by atoms with van der Waals surface area (Å²) in [7, 11) is -3.87. The summed E-state index contributed by atoms with van der Waals surface area (Å²) in [6, 6.07) is 4.17. The molecule has 1 fully saturated rings. The first-order valence-corrected chi connectivity index (χ1v) is 8.73. The maximum absolute atomic E-state index is 12.4. The topological polar surface area (TPSA) is 98.5 Å². The second kappa shape index (κ2) is 5.68. The Morgan fingerprint density at radius 3 is 2.67 bits per heavy atom. The second-order valence-corrected chi connectivity index (χ2v) is 7.83. The fourth-order valence-corrected chi connectivity index (χ4v) is 3.42. The van der Waals surface area contributed by atoms with Crippen LogP contribution in [0.4, 0.5) is 0 Å². The average molecular weight is 377 g/mol. The minimum atomic E-state index is -3.87. The van der Waals surface area contributed by atoms with Crippen molar-refractivity contribution < 1.29 is 17.9 Å². The lowest BCUT2D eigenvalue weighted by Gasteiger charge is -2.29. The monoisotopic (exact) mass is 376 g/mol. The molecule has 1 aromatic rings. The van der Waals surface area contributed by atoms with Gasteiger partial charge in [0.25, 0.3) is 5.91 Å². The SMILES string of the molecule is CC1OCCC1(C)NC(=O)c1cc(Br)cc(S(N)(=O)=O)c1. The van der Waals surface area contributed by atoms with Gasteiger partial charge in [0.05, 0.1) is 16.5 Å². The Hall–Kier alpha value is -0.960. The van der Waals surface area contributed by atoms with Crippen LogP contribution in [-0.4, -0.2) is 32.6 Å². The van der Waals surface area contributed by atoms with Crippen molar-refractivity contribution in [2.75, 3.05) is 6.61 Å². The highest BCUT2D eigenvalue weighted by Gasteiger charge is 2.38. The number of primary sulfonamides is 1. The third-order valence-corrected chi connectivity index (χ3v) is 5.10. The fourth-order valence-electron chi connectivity index (χ4n) is 2.19. The highest BCUT2D eigenvalue weighted by molar-refractivity contribution is 9.10. The molecule has 1 aromatic carbocycles. The Morgan fingerprint density at radius 2 is 2.14 bits per heavy atom. The van der Waals surface area contributed by atoms with Gasteiger partial charge in [-0.2, -0.15) is 0 Å². The Morgan fingerprint density at radius 1 is 1.48 bits per heavy atom. The van der Waals surface area contributed by atoms with Crippen LogP contribution < -0.4 is 10.5 Å². The first-order chi connectivity index (χ1) is 9.62. The molecule has 1 amide bonds. The van der Waals surface area contributed by atoms with E-state index in [2.05, 4.69) is 21.2 Å². The van der Waals surface area contributed by atoms with E-state index in [1.807, 2.05) is 13.8 Å². The first kappa shape index (κ1) is 16.4. The molecule has 0 aromatic heterocycles. The zero-order chi connectivity index (χ0) is 15.8. The molecule has 116 valence electrons. The molecule has 0 radical (unpaired) electrons. The molecule has 2 atom stereocenters. The van der Waals surface area contributed by atoms with E-state index < -0.39 is 15.6 Å². The van der Waals surface area contributed by atoms with Crippen molar-refractivity contribution in [3.05, 3.63) is 28.2 Å². The fraction of sp³-hybridized carbons (Fsp3) is 0.462. The summed E-state index contributed by atoms with van der Waals surface area (Å²) in [4.78, 5) is 12.3. The largest absolute Gasteiger partial charge is 0.376 e. The summed E-state index contributed by atoms with van der Waals surface area (Å²) in [5.41, 5.74) is -0.241. The quantitative estimate of drug-likeness (QED) is 0.832. The molecule has 0 saturated carbocycles. The number of sulfonamides is 1. The first-order valence-electron chi connectivity index (χ1n) is 6.39. The van der Waals surface area contributed by atoms with Gasteiger partial charge in [0, 0.05) is 16.6 Å². The van der Waals surface area contributed by atoms with E-state index in [1.54, 1.807) is 6.07 Å². The number of hydrogen-bond donors (Lipinski definition) is 2. The Balaban J connectivity index is 2.30. The van der Waals surface area contributed by atoms with Crippen molar-refractivity contribution in [3.63, 3.8) is 0 Å². The van der Waals surface area contributed by atoms with Crippen LogP contribution in [0.25, 0.3) is 0 Å². The van der Waals surface area contributed by atoms with Gasteiger partial charge in [0.1, 0.15) is 0 Å². The van der Waals surface area contributed by atoms with Gasteiger partial charge >= 0.3 is 0 Å². The van der Waals surface area contributed by atoms with Gasteiger partial charge in [-0.05, 0) is 38.5 Å². The van der Waals surface area contributed by atoms with Gasteiger partial charge < -0.3 is 10.1 Å². The van der Waals surface area contributed by atoms with Crippen molar-refractivity contribution in [2.24, 2.45) is 5.14 Å². The van der Waals surface area contributed by atoms with Crippen molar-refractivity contribution in [1.82, 2.24) is 5.32 Å². The number of carbonyl (C=O) groups excluding carboxylic acids is 1. The van der Waals surface area contributed by atoms with E-state index in [0.29, 0.717) is 17.5 Å². The number of benzene rings is 1. The molecule has 21 heavy (non-hydrogen) atoms. The molecule has 6 nitrogen and oxygen atoms in total. The highest BCUT2D eigenvalue weighted by Crippen LogP contribution is 2.26. The summed E-state index contributed by atoms with van der Waals surface area (Å²) < 4.78 is 28.8. The number of amides is 1. The van der Waals surface area contributed by atoms with Crippen LogP contribution >= 0.6 is 15.9 Å². The smallest absolute Gasteiger partial charge is 0.251 e. The van der Waals surface area contributed by atoms with E-state index in [0.717, 1.165) is 0 Å². The van der Waals surface area contributed by atoms with E-state index in [1.165, 1.54) is 12.1 Å².